The fourth-order valence-electron chi connectivity index (χ4n) is 16.3. The van der Waals surface area contributed by atoms with E-state index in [1.807, 2.05) is 194 Å². The van der Waals surface area contributed by atoms with Gasteiger partial charge in [0.25, 0.3) is 0 Å². The molecule has 0 aliphatic rings. The van der Waals surface area contributed by atoms with Crippen molar-refractivity contribution >= 4 is 151 Å². The third kappa shape index (κ3) is 32.0. The van der Waals surface area contributed by atoms with Gasteiger partial charge in [-0.15, -0.1) is 0 Å². The van der Waals surface area contributed by atoms with Crippen LogP contribution in [0.1, 0.15) is 249 Å². The molecule has 21 rings (SSSR count). The molecule has 0 saturated carbocycles. The van der Waals surface area contributed by atoms with Crippen LogP contribution in [0, 0.1) is 69.2 Å². The first-order valence-electron chi connectivity index (χ1n) is 51.9. The van der Waals surface area contributed by atoms with Crippen LogP contribution in [0.3, 0.4) is 0 Å². The highest BCUT2D eigenvalue weighted by Crippen LogP contribution is 2.36. The van der Waals surface area contributed by atoms with E-state index >= 15 is 0 Å². The van der Waals surface area contributed by atoms with Crippen molar-refractivity contribution in [3.05, 3.63) is 420 Å². The first-order valence-corrected chi connectivity index (χ1v) is 51.9. The van der Waals surface area contributed by atoms with E-state index in [0.717, 1.165) is 0 Å². The first-order chi connectivity index (χ1) is 66.8. The molecule has 0 unspecified atom stereocenters. The molecule has 0 saturated heterocycles. The van der Waals surface area contributed by atoms with E-state index in [4.69, 9.17) is 0 Å². The van der Waals surface area contributed by atoms with E-state index in [2.05, 4.69) is 433 Å². The number of hydrogen-bond acceptors (Lipinski definition) is 0. The summed E-state index contributed by atoms with van der Waals surface area (Å²) in [6.07, 6.45) is 0. The fourth-order valence-corrected chi connectivity index (χ4v) is 16.3. The second-order valence-corrected chi connectivity index (χ2v) is 29.0. The van der Waals surface area contributed by atoms with E-state index in [1.54, 1.807) is 0 Å². The first kappa shape index (κ1) is 121. The Labute approximate surface area is 827 Å². The zero-order valence-corrected chi connectivity index (χ0v) is 91.6. The van der Waals surface area contributed by atoms with Gasteiger partial charge in [0.1, 0.15) is 0 Å². The Balaban J connectivity index is 0.000000759. The molecule has 0 heterocycles. The van der Waals surface area contributed by atoms with Gasteiger partial charge in [0.05, 0.1) is 0 Å². The van der Waals surface area contributed by atoms with E-state index < -0.39 is 0 Å². The molecule has 0 fully saturated rings. The van der Waals surface area contributed by atoms with E-state index in [-0.39, 0.29) is 0 Å². The maximum atomic E-state index is 2.31. The van der Waals surface area contributed by atoms with Crippen LogP contribution in [0.15, 0.2) is 364 Å². The smallest absolute Gasteiger partial charge is 0.0103 e. The normalized spacial score (nSPS) is 9.40. The Morgan fingerprint density at radius 3 is 0.529 bits per heavy atom. The molecule has 0 spiro atoms. The number of hydrogen-bond donors (Lipinski definition) is 0. The maximum absolute atomic E-state index is 2.31. The van der Waals surface area contributed by atoms with Gasteiger partial charge >= 0.3 is 0 Å². The topological polar surface area (TPSA) is 0 Å². The predicted octanol–water partition coefficient (Wildman–Crippen LogP) is 45.4. The lowest BCUT2D eigenvalue weighted by Crippen LogP contribution is -1.87. The Morgan fingerprint density at radius 1 is 0.0956 bits per heavy atom. The summed E-state index contributed by atoms with van der Waals surface area (Å²) in [5.74, 6) is 0. The molecule has 0 N–H and O–H groups in total. The van der Waals surface area contributed by atoms with E-state index in [1.165, 1.54) is 206 Å². The van der Waals surface area contributed by atoms with E-state index in [9.17, 15) is 0 Å². The van der Waals surface area contributed by atoms with Crippen LogP contribution in [0.2, 0.25) is 0 Å². The number of fused-ring (bicyclic) bond motifs is 17. The minimum Gasteiger partial charge on any atom is -0.0683 e. The largest absolute Gasteiger partial charge is 0.0683 e. The van der Waals surface area contributed by atoms with Gasteiger partial charge in [-0.1, -0.05) is 528 Å². The zero-order valence-electron chi connectivity index (χ0n) is 91.6. The molecular formula is C136H174. The lowest BCUT2D eigenvalue weighted by molar-refractivity contribution is 1.41. The molecule has 0 aromatic heterocycles. The lowest BCUT2D eigenvalue weighted by Gasteiger charge is -2.11. The van der Waals surface area contributed by atoms with Crippen molar-refractivity contribution in [2.45, 2.75) is 263 Å². The molecule has 136 heavy (non-hydrogen) atoms. The molecule has 718 valence electrons. The molecule has 0 bridgehead atoms. The van der Waals surface area contributed by atoms with Crippen molar-refractivity contribution in [1.29, 1.82) is 0 Å². The van der Waals surface area contributed by atoms with Crippen molar-refractivity contribution in [2.24, 2.45) is 0 Å². The Hall–Kier alpha value is -12.7. The third-order valence-corrected chi connectivity index (χ3v) is 22.3. The van der Waals surface area contributed by atoms with E-state index in [0.29, 0.717) is 0 Å². The Morgan fingerprint density at radius 2 is 0.265 bits per heavy atom. The van der Waals surface area contributed by atoms with Crippen molar-refractivity contribution in [1.82, 2.24) is 0 Å². The van der Waals surface area contributed by atoms with Gasteiger partial charge in [-0.05, 0) is 306 Å². The number of benzene rings is 21. The molecule has 0 aliphatic heterocycles. The molecule has 0 amide bonds. The number of aryl methyl sites for hydroxylation is 10. The standard InChI is InChI=1S/5C16H14.2C14H10.14C2H6/c1-11-5-3-7-13-10-16-12(2)6-4-8-14(16)9-15(11)13;1-11-5-3-7-13-9-14-8-4-6-12(2)16(14)10-15(11)13;1-11-13-7-3-5-9-15(13)12(2)16-10-6-4-8-14(11)16;1-11-12(2)14-8-4-6-10-16(14)15-9-5-3-7-13(11)15;1-11-6-5-8-14-10-13-7-3-4-9-15(13)12(2)16(11)14;2*1-3-7-13-11(5-1)9-10-12-6-2-4-8-14(12)13;14*1-2/h5*3-10H,1-2H3;2*1-10H;14*1-2H3. The van der Waals surface area contributed by atoms with Crippen LogP contribution in [0.4, 0.5) is 0 Å². The second kappa shape index (κ2) is 69.1. The average molecular weight is 1810 g/mol. The van der Waals surface area contributed by atoms with Gasteiger partial charge < -0.3 is 0 Å². The van der Waals surface area contributed by atoms with Gasteiger partial charge in [0, 0.05) is 0 Å². The second-order valence-electron chi connectivity index (χ2n) is 29.0. The summed E-state index contributed by atoms with van der Waals surface area (Å²) < 4.78 is 0. The van der Waals surface area contributed by atoms with Crippen molar-refractivity contribution in [3.8, 4) is 0 Å². The van der Waals surface area contributed by atoms with Crippen LogP contribution < -0.4 is 0 Å². The molecule has 0 nitrogen and oxygen atoms in total. The molecule has 21 aromatic rings. The van der Waals surface area contributed by atoms with Crippen LogP contribution >= 0.6 is 0 Å². The van der Waals surface area contributed by atoms with Gasteiger partial charge in [0.15, 0.2) is 0 Å². The molecule has 0 atom stereocenters. The quantitative estimate of drug-likeness (QED) is 0.105. The SMILES string of the molecule is CC.CC.CC.CC.CC.CC.CC.CC.CC.CC.CC.CC.CC.CC.Cc1c(C)c2ccccc2c2ccccc12.Cc1c2ccccc2c(C)c2ccccc12.Cc1cccc2cc3c(C)cccc3cc12.Cc1cccc2cc3cccc(C)c3cc12.Cc1cccc2cc3ccccc3c(C)c12.c1ccc2c(c1)ccc1ccccc12.c1ccc2c(c1)ccc1ccccc12. The average Bonchev–Trinajstić information content (AvgIpc) is 0.765. The minimum atomic E-state index is 1.31. The minimum absolute atomic E-state index is 1.31. The lowest BCUT2D eigenvalue weighted by atomic mass is 9.93. The van der Waals surface area contributed by atoms with Crippen molar-refractivity contribution < 1.29 is 0 Å². The predicted molar refractivity (Wildman–Crippen MR) is 636 cm³/mol. The molecule has 0 heteroatoms. The molecule has 0 aliphatic carbocycles. The van der Waals surface area contributed by atoms with Crippen molar-refractivity contribution in [2.75, 3.05) is 0 Å². The van der Waals surface area contributed by atoms with Crippen LogP contribution in [-0.4, -0.2) is 0 Å². The van der Waals surface area contributed by atoms with Gasteiger partial charge in [-0.25, -0.2) is 0 Å². The number of rotatable bonds is 0. The summed E-state index contributed by atoms with van der Waals surface area (Å²) in [6.45, 7) is 77.9. The highest BCUT2D eigenvalue weighted by molar-refractivity contribution is 6.12. The van der Waals surface area contributed by atoms with Crippen LogP contribution in [-0.2, 0) is 0 Å². The Kier molecular flexibility index (Phi) is 61.6. The summed E-state index contributed by atoms with van der Waals surface area (Å²) in [5, 5.41) is 37.8. The van der Waals surface area contributed by atoms with Crippen LogP contribution in [0.25, 0.3) is 151 Å². The van der Waals surface area contributed by atoms with Gasteiger partial charge in [0.2, 0.25) is 0 Å². The molecular weight excluding hydrogens is 1630 g/mol. The summed E-state index contributed by atoms with van der Waals surface area (Å²) in [7, 11) is 0. The zero-order chi connectivity index (χ0) is 102. The summed E-state index contributed by atoms with van der Waals surface area (Å²) in [6, 6.07) is 130. The summed E-state index contributed by atoms with van der Waals surface area (Å²) in [4.78, 5) is 0. The fraction of sp³-hybridized carbons (Fsp3) is 0.279. The van der Waals surface area contributed by atoms with Crippen LogP contribution in [0.5, 0.6) is 0 Å². The maximum Gasteiger partial charge on any atom is -0.0103 e. The third-order valence-electron chi connectivity index (χ3n) is 22.3. The van der Waals surface area contributed by atoms with Gasteiger partial charge in [-0.2, -0.15) is 0 Å². The summed E-state index contributed by atoms with van der Waals surface area (Å²) >= 11 is 0. The molecule has 0 radical (unpaired) electrons. The highest BCUT2D eigenvalue weighted by atomic mass is 14.2. The van der Waals surface area contributed by atoms with Crippen molar-refractivity contribution in [3.63, 3.8) is 0 Å². The Bertz CT molecular complexity index is 6370. The highest BCUT2D eigenvalue weighted by Gasteiger charge is 2.11. The van der Waals surface area contributed by atoms with Gasteiger partial charge in [-0.3, -0.25) is 0 Å². The summed E-state index contributed by atoms with van der Waals surface area (Å²) in [5.41, 5.74) is 13.7. The monoisotopic (exact) mass is 1810 g/mol. The molecule has 21 aromatic carbocycles.